The van der Waals surface area contributed by atoms with E-state index in [2.05, 4.69) is 52.9 Å². The van der Waals surface area contributed by atoms with Crippen LogP contribution in [-0.2, 0) is 77.4 Å². The maximum Gasteiger partial charge on any atom is 1.00 e. The summed E-state index contributed by atoms with van der Waals surface area (Å²) < 4.78 is 173. The number of hydrogen-bond acceptors (Lipinski definition) is 30. The number of nitrogens with one attached hydrogen (secondary N) is 1. The van der Waals surface area contributed by atoms with E-state index >= 15 is 0 Å². The Morgan fingerprint density at radius 3 is 1.96 bits per heavy atom. The second kappa shape index (κ2) is 35.1. The van der Waals surface area contributed by atoms with Crippen molar-refractivity contribution < 1.29 is 251 Å². The van der Waals surface area contributed by atoms with Gasteiger partial charge in [-0.1, -0.05) is 24.3 Å². The van der Waals surface area contributed by atoms with E-state index in [0.29, 0.717) is 6.07 Å². The van der Waals surface area contributed by atoms with Gasteiger partial charge in [0.15, 0.2) is 37.7 Å². The Balaban J connectivity index is 0.0000116. The first-order chi connectivity index (χ1) is 33.8. The number of amides is 1. The number of azo groups is 2. The fraction of sp³-hybridized carbons (Fsp3) is 0.194. The third-order valence-corrected chi connectivity index (χ3v) is 15.1. The molecule has 0 fully saturated rings. The maximum absolute atomic E-state index is 13.9. The van der Waals surface area contributed by atoms with Gasteiger partial charge in [-0.25, -0.2) is 42.1 Å². The molecule has 0 aliphatic rings. The molecule has 0 radical (unpaired) electrons. The fourth-order valence-corrected chi connectivity index (χ4v) is 10.3. The number of rotatable bonds is 27. The normalized spacial score (nSPS) is 12.0. The van der Waals surface area contributed by atoms with Crippen LogP contribution in [0.4, 0.5) is 34.1 Å². The second-order valence-corrected chi connectivity index (χ2v) is 23.2. The van der Waals surface area contributed by atoms with Crippen molar-refractivity contribution in [1.82, 2.24) is 0 Å². The van der Waals surface area contributed by atoms with E-state index < -0.39 is 132 Å². The molecule has 5 aromatic rings. The molecule has 0 atom stereocenters. The van der Waals surface area contributed by atoms with Crippen LogP contribution in [0.15, 0.2) is 126 Å². The fourth-order valence-electron chi connectivity index (χ4n) is 5.95. The smallest absolute Gasteiger partial charge is 0.747 e. The summed E-state index contributed by atoms with van der Waals surface area (Å²) >= 11 is 0.132. The number of nitrogens with zero attached hydrogens (tertiary/aromatic N) is 5. The Labute approximate surface area is 559 Å². The van der Waals surface area contributed by atoms with Gasteiger partial charge in [0.25, 0.3) is 5.91 Å². The van der Waals surface area contributed by atoms with Crippen LogP contribution < -0.4 is 169 Å². The monoisotopic (exact) mass is 1250 g/mol. The Morgan fingerprint density at radius 1 is 0.675 bits per heavy atom. The van der Waals surface area contributed by atoms with Crippen molar-refractivity contribution in [2.24, 2.45) is 20.5 Å². The van der Waals surface area contributed by atoms with Gasteiger partial charge in [-0.15, -0.1) is 19.7 Å². The molecule has 1 amide bonds. The Kier molecular flexibility index (Phi) is 34.9. The van der Waals surface area contributed by atoms with Crippen molar-refractivity contribution in [2.45, 2.75) is 14.7 Å². The number of aromatic hydroxyl groups is 1. The van der Waals surface area contributed by atoms with E-state index in [9.17, 15) is 76.2 Å². The zero-order chi connectivity index (χ0) is 52.9. The van der Waals surface area contributed by atoms with Gasteiger partial charge in [0.05, 0.1) is 68.6 Å². The van der Waals surface area contributed by atoms with Crippen LogP contribution in [0.2, 0.25) is 0 Å². The van der Waals surface area contributed by atoms with Crippen LogP contribution in [0.1, 0.15) is 10.4 Å². The molecule has 0 saturated carbocycles. The summed E-state index contributed by atoms with van der Waals surface area (Å²) in [7, 11) is -24.2. The quantitative estimate of drug-likeness (QED) is 0.00720. The van der Waals surface area contributed by atoms with E-state index in [1.807, 2.05) is 0 Å². The summed E-state index contributed by atoms with van der Waals surface area (Å²) in [6.45, 7) is -2.01. The summed E-state index contributed by atoms with van der Waals surface area (Å²) in [6.07, 6.45) is 0. The van der Waals surface area contributed by atoms with Crippen LogP contribution in [0.25, 0.3) is 10.8 Å². The Bertz CT molecular complexity index is 3430. The SMILES string of the molecule is O=C(c1cccc(N=Nc2c(SOO[O-])cc3c(N=Nc4ccc(S(=O)(=O)CCOSOO[O-])cc4S(=O)(=O)[O-])c(NCS(=O)(=O)[O-])ccc3c2O)c1)N(CCS(=O)(=O)CCOS(=O)(=O)[O-])c1ccccc1.[Na+].[Na+].[Na+].[Na+].[Na+]. The number of benzene rings is 5. The average Bonchev–Trinajstić information content (AvgIpc) is 3.31. The molecule has 2 N–H and O–H groups in total. The summed E-state index contributed by atoms with van der Waals surface area (Å²) in [6, 6.07) is 18.5. The molecular formula is C36H31N6Na5O23S7. The molecule has 41 heteroatoms. The molecule has 0 spiro atoms. The predicted octanol–water partition coefficient (Wildman–Crippen LogP) is -12.4. The van der Waals surface area contributed by atoms with E-state index in [-0.39, 0.29) is 210 Å². The van der Waals surface area contributed by atoms with Crippen LogP contribution >= 0.6 is 24.4 Å². The molecule has 5 rings (SSSR count). The number of para-hydroxylation sites is 1. The Morgan fingerprint density at radius 2 is 1.34 bits per heavy atom. The van der Waals surface area contributed by atoms with Gasteiger partial charge >= 0.3 is 148 Å². The van der Waals surface area contributed by atoms with Gasteiger partial charge in [-0.3, -0.25) is 23.2 Å². The third kappa shape index (κ3) is 24.4. The molecule has 0 saturated heterocycles. The largest absolute Gasteiger partial charge is 1.00 e. The van der Waals surface area contributed by atoms with Gasteiger partial charge in [0.2, 0.25) is 10.4 Å². The van der Waals surface area contributed by atoms with Crippen molar-refractivity contribution in [2.75, 3.05) is 53.1 Å². The minimum absolute atomic E-state index is 0. The number of phenols is 1. The molecule has 390 valence electrons. The number of carbonyl (C=O) groups excluding carboxylic acids is 1. The van der Waals surface area contributed by atoms with Crippen molar-refractivity contribution in [1.29, 1.82) is 0 Å². The summed E-state index contributed by atoms with van der Waals surface area (Å²) in [5.74, 6) is -5.15. The molecule has 0 aromatic heterocycles. The molecule has 0 bridgehead atoms. The summed E-state index contributed by atoms with van der Waals surface area (Å²) in [5.41, 5.74) is -1.90. The zero-order valence-corrected chi connectivity index (χ0v) is 56.3. The van der Waals surface area contributed by atoms with Crippen LogP contribution in [0.5, 0.6) is 5.75 Å². The minimum atomic E-state index is -5.54. The van der Waals surface area contributed by atoms with Crippen molar-refractivity contribution in [3.63, 3.8) is 0 Å². The topological polar surface area (TPSA) is 443 Å². The van der Waals surface area contributed by atoms with Crippen LogP contribution in [-0.4, -0.2) is 110 Å². The third-order valence-electron chi connectivity index (χ3n) is 9.07. The van der Waals surface area contributed by atoms with Gasteiger partial charge in [0.1, 0.15) is 43.2 Å². The number of anilines is 2. The number of fused-ring (bicyclic) bond motifs is 1. The summed E-state index contributed by atoms with van der Waals surface area (Å²) in [4.78, 5) is 12.8. The van der Waals surface area contributed by atoms with Gasteiger partial charge < -0.3 is 39.5 Å². The molecule has 0 aliphatic heterocycles. The molecule has 0 aliphatic carbocycles. The van der Waals surface area contributed by atoms with Crippen LogP contribution in [0.3, 0.4) is 0 Å². The van der Waals surface area contributed by atoms with Gasteiger partial charge in [-0.2, -0.15) is 9.45 Å². The first-order valence-electron chi connectivity index (χ1n) is 19.1. The van der Waals surface area contributed by atoms with E-state index in [1.54, 1.807) is 18.2 Å². The minimum Gasteiger partial charge on any atom is -0.747 e. The number of phenolic OH excluding ortho intramolecular Hbond substituents is 1. The number of carbonyl (C=O) groups is 1. The molecule has 0 heterocycles. The number of hydrogen-bond donors (Lipinski definition) is 2. The number of sulfone groups is 2. The van der Waals surface area contributed by atoms with E-state index in [4.69, 9.17) is 0 Å². The van der Waals surface area contributed by atoms with Crippen LogP contribution in [0, 0.1) is 0 Å². The molecule has 77 heavy (non-hydrogen) atoms. The molecule has 5 aromatic carbocycles. The van der Waals surface area contributed by atoms with Crippen molar-refractivity contribution >= 4 is 125 Å². The first-order valence-corrected chi connectivity index (χ1v) is 28.3. The van der Waals surface area contributed by atoms with Gasteiger partial charge in [0, 0.05) is 28.6 Å². The molecule has 29 nitrogen and oxygen atoms in total. The maximum atomic E-state index is 13.9. The summed E-state index contributed by atoms with van der Waals surface area (Å²) in [5, 5.41) is 56.8. The first kappa shape index (κ1) is 76.6. The predicted molar refractivity (Wildman–Crippen MR) is 241 cm³/mol. The zero-order valence-electron chi connectivity index (χ0n) is 40.6. The van der Waals surface area contributed by atoms with Crippen molar-refractivity contribution in [3.8, 4) is 5.75 Å². The van der Waals surface area contributed by atoms with E-state index in [1.165, 1.54) is 36.4 Å². The van der Waals surface area contributed by atoms with E-state index in [0.717, 1.165) is 35.2 Å². The molecular weight excluding hydrogens is 1220 g/mol. The average molecular weight is 1260 g/mol. The second-order valence-electron chi connectivity index (χ2n) is 13.8. The molecule has 0 unspecified atom stereocenters. The van der Waals surface area contributed by atoms with Gasteiger partial charge in [-0.05, 0) is 66.7 Å². The standard InChI is InChI=1S/C36H36N6O23S7.5Na/c43-35-27-10-12-30(37-22-70(51,52)53)33(40-39-29-11-9-26(20-32(29)71(54,55)56)69(49,50)18-14-60-67-65-63-46)28(27)21-31(66-64-62-45)34(35)41-38-24-6-4-5-23(19-24)36(44)42(25-7-2-1-3-8-25)13-16-68(47,48)17-15-61-72(57,58)59;;;;;/h1-12,19-21,37,43,45-46H,13-18,22H2,(H,51,52,53)(H,54,55,56)(H,57,58,59);;;;;/q;5*+1/p-5. The Hall–Kier alpha value is -0.360. The van der Waals surface area contributed by atoms with Crippen molar-refractivity contribution in [3.05, 3.63) is 96.6 Å².